The minimum absolute atomic E-state index is 0.196. The lowest BCUT2D eigenvalue weighted by molar-refractivity contribution is -0.0326. The van der Waals surface area contributed by atoms with Crippen LogP contribution in [0.5, 0.6) is 0 Å². The molecule has 1 N–H and O–H groups in total. The molecule has 25 heavy (non-hydrogen) atoms. The monoisotopic (exact) mass is 401 g/mol. The maximum absolute atomic E-state index is 13.2. The number of amides is 3. The molecule has 3 rings (SSSR count). The molecule has 6 heteroatoms. The molecule has 130 valence electrons. The number of urea groups is 1. The van der Waals surface area contributed by atoms with Gasteiger partial charge in [-0.1, -0.05) is 40.2 Å². The molecule has 0 aromatic heterocycles. The Balaban J connectivity index is 2.04. The van der Waals surface area contributed by atoms with Gasteiger partial charge in [-0.05, 0) is 50.6 Å². The lowest BCUT2D eigenvalue weighted by atomic mass is 10.1. The van der Waals surface area contributed by atoms with Gasteiger partial charge in [0.1, 0.15) is 0 Å². The number of anilines is 1. The number of hydrogen-bond acceptors (Lipinski definition) is 2. The van der Waals surface area contributed by atoms with E-state index < -0.39 is 5.54 Å². The van der Waals surface area contributed by atoms with Gasteiger partial charge in [-0.2, -0.15) is 0 Å². The van der Waals surface area contributed by atoms with Crippen molar-refractivity contribution in [2.24, 2.45) is 0 Å². The number of nitrogens with zero attached hydrogens (tertiary/aromatic N) is 2. The zero-order chi connectivity index (χ0) is 18.2. The minimum Gasteiger partial charge on any atom is -0.306 e. The zero-order valence-electron chi connectivity index (χ0n) is 14.4. The van der Waals surface area contributed by atoms with Crippen molar-refractivity contribution in [1.29, 1.82) is 0 Å². The SMILES string of the molecule is CC(C)(C)N1C(=O)c2ccccc2NC(=O)N1Cc1ccc(Br)cc1. The summed E-state index contributed by atoms with van der Waals surface area (Å²) in [5.41, 5.74) is 1.40. The van der Waals surface area contributed by atoms with Crippen LogP contribution in [-0.2, 0) is 6.54 Å². The van der Waals surface area contributed by atoms with Gasteiger partial charge < -0.3 is 5.32 Å². The summed E-state index contributed by atoms with van der Waals surface area (Å²) in [5.74, 6) is -0.196. The first-order valence-corrected chi connectivity index (χ1v) is 8.83. The number of hydrazine groups is 1. The van der Waals surface area contributed by atoms with E-state index in [0.717, 1.165) is 10.0 Å². The van der Waals surface area contributed by atoms with E-state index in [9.17, 15) is 9.59 Å². The van der Waals surface area contributed by atoms with Crippen LogP contribution in [0, 0.1) is 0 Å². The fourth-order valence-corrected chi connectivity index (χ4v) is 3.11. The number of para-hydroxylation sites is 1. The van der Waals surface area contributed by atoms with Gasteiger partial charge in [0.05, 0.1) is 23.3 Å². The average molecular weight is 402 g/mol. The maximum Gasteiger partial charge on any atom is 0.341 e. The minimum atomic E-state index is -0.554. The summed E-state index contributed by atoms with van der Waals surface area (Å²) in [6.07, 6.45) is 0. The normalized spacial score (nSPS) is 14.9. The van der Waals surface area contributed by atoms with Gasteiger partial charge in [0, 0.05) is 4.47 Å². The predicted molar refractivity (Wildman–Crippen MR) is 101 cm³/mol. The van der Waals surface area contributed by atoms with E-state index in [0.29, 0.717) is 17.8 Å². The lowest BCUT2D eigenvalue weighted by Gasteiger charge is -2.42. The molecule has 3 amide bonds. The number of halogens is 1. The van der Waals surface area contributed by atoms with Crippen LogP contribution in [-0.4, -0.2) is 27.5 Å². The number of rotatable bonds is 2. The number of carbonyl (C=O) groups is 2. The predicted octanol–water partition coefficient (Wildman–Crippen LogP) is 4.65. The second-order valence-corrected chi connectivity index (χ2v) is 7.86. The Morgan fingerprint density at radius 1 is 1.00 bits per heavy atom. The molecule has 0 bridgehead atoms. The Kier molecular flexibility index (Phi) is 4.56. The summed E-state index contributed by atoms with van der Waals surface area (Å²) in [4.78, 5) is 26.0. The third-order valence-corrected chi connectivity index (χ3v) is 4.48. The smallest absolute Gasteiger partial charge is 0.306 e. The van der Waals surface area contributed by atoms with Crippen LogP contribution >= 0.6 is 15.9 Å². The first kappa shape index (κ1) is 17.5. The molecule has 0 atom stereocenters. The van der Waals surface area contributed by atoms with Gasteiger partial charge in [-0.15, -0.1) is 0 Å². The fourth-order valence-electron chi connectivity index (χ4n) is 2.84. The standard InChI is InChI=1S/C19H20BrN3O2/c1-19(2,3)23-17(24)15-6-4-5-7-16(15)21-18(25)22(23)12-13-8-10-14(20)11-9-13/h4-11H,12H2,1-3H3,(H,21,25). The summed E-state index contributed by atoms with van der Waals surface area (Å²) < 4.78 is 0.965. The highest BCUT2D eigenvalue weighted by atomic mass is 79.9. The summed E-state index contributed by atoms with van der Waals surface area (Å²) in [6.45, 7) is 6.05. The van der Waals surface area contributed by atoms with E-state index in [1.165, 1.54) is 10.0 Å². The van der Waals surface area contributed by atoms with Gasteiger partial charge in [0.15, 0.2) is 0 Å². The van der Waals surface area contributed by atoms with Crippen LogP contribution in [0.1, 0.15) is 36.7 Å². The van der Waals surface area contributed by atoms with Gasteiger partial charge in [0.25, 0.3) is 5.91 Å². The first-order valence-electron chi connectivity index (χ1n) is 8.04. The molecule has 0 saturated carbocycles. The second kappa shape index (κ2) is 6.52. The molecule has 5 nitrogen and oxygen atoms in total. The van der Waals surface area contributed by atoms with Crippen molar-refractivity contribution in [2.45, 2.75) is 32.9 Å². The Morgan fingerprint density at radius 3 is 2.28 bits per heavy atom. The third-order valence-electron chi connectivity index (χ3n) is 3.95. The molecule has 1 aliphatic heterocycles. The van der Waals surface area contributed by atoms with E-state index in [4.69, 9.17) is 0 Å². The molecule has 1 aliphatic rings. The second-order valence-electron chi connectivity index (χ2n) is 6.95. The third kappa shape index (κ3) is 3.54. The molecule has 2 aromatic rings. The van der Waals surface area contributed by atoms with Crippen molar-refractivity contribution in [2.75, 3.05) is 5.32 Å². The number of carbonyl (C=O) groups excluding carboxylic acids is 2. The summed E-state index contributed by atoms with van der Waals surface area (Å²) in [7, 11) is 0. The van der Waals surface area contributed by atoms with Crippen molar-refractivity contribution >= 4 is 33.6 Å². The molecular formula is C19H20BrN3O2. The van der Waals surface area contributed by atoms with Crippen LogP contribution in [0.15, 0.2) is 53.0 Å². The van der Waals surface area contributed by atoms with E-state index in [2.05, 4.69) is 21.2 Å². The summed E-state index contributed by atoms with van der Waals surface area (Å²) in [6, 6.07) is 14.5. The highest BCUT2D eigenvalue weighted by Gasteiger charge is 2.39. The Morgan fingerprint density at radius 2 is 1.64 bits per heavy atom. The van der Waals surface area contributed by atoms with Crippen LogP contribution in [0.4, 0.5) is 10.5 Å². The van der Waals surface area contributed by atoms with Crippen LogP contribution < -0.4 is 5.32 Å². The highest BCUT2D eigenvalue weighted by Crippen LogP contribution is 2.29. The topological polar surface area (TPSA) is 52.7 Å². The first-order chi connectivity index (χ1) is 11.8. The van der Waals surface area contributed by atoms with E-state index in [-0.39, 0.29) is 11.9 Å². The Bertz CT molecular complexity index is 812. The van der Waals surface area contributed by atoms with Crippen molar-refractivity contribution in [3.05, 3.63) is 64.1 Å². The molecule has 0 radical (unpaired) electrons. The van der Waals surface area contributed by atoms with Gasteiger partial charge in [-0.25, -0.2) is 14.8 Å². The van der Waals surface area contributed by atoms with Crippen molar-refractivity contribution < 1.29 is 9.59 Å². The van der Waals surface area contributed by atoms with Crippen LogP contribution in [0.3, 0.4) is 0 Å². The summed E-state index contributed by atoms with van der Waals surface area (Å²) in [5, 5.41) is 5.87. The number of hydrogen-bond donors (Lipinski definition) is 1. The van der Waals surface area contributed by atoms with Gasteiger partial charge in [0.2, 0.25) is 0 Å². The average Bonchev–Trinajstić information content (AvgIpc) is 2.65. The number of benzene rings is 2. The lowest BCUT2D eigenvalue weighted by Crippen LogP contribution is -2.57. The number of nitrogens with one attached hydrogen (secondary N) is 1. The Hall–Kier alpha value is -2.34. The van der Waals surface area contributed by atoms with E-state index >= 15 is 0 Å². The largest absolute Gasteiger partial charge is 0.341 e. The molecule has 0 spiro atoms. The molecule has 0 aliphatic carbocycles. The molecule has 0 unspecified atom stereocenters. The highest BCUT2D eigenvalue weighted by molar-refractivity contribution is 9.10. The van der Waals surface area contributed by atoms with Gasteiger partial charge in [-0.3, -0.25) is 4.79 Å². The van der Waals surface area contributed by atoms with Gasteiger partial charge >= 0.3 is 6.03 Å². The fraction of sp³-hybridized carbons (Fsp3) is 0.263. The molecular weight excluding hydrogens is 382 g/mol. The zero-order valence-corrected chi connectivity index (χ0v) is 16.0. The van der Waals surface area contributed by atoms with Crippen LogP contribution in [0.25, 0.3) is 0 Å². The molecule has 2 aromatic carbocycles. The molecule has 0 fully saturated rings. The summed E-state index contributed by atoms with van der Waals surface area (Å²) >= 11 is 3.41. The molecule has 0 saturated heterocycles. The van der Waals surface area contributed by atoms with Crippen LogP contribution in [0.2, 0.25) is 0 Å². The Labute approximate surface area is 155 Å². The quantitative estimate of drug-likeness (QED) is 0.795. The van der Waals surface area contributed by atoms with Crippen molar-refractivity contribution in [3.63, 3.8) is 0 Å². The van der Waals surface area contributed by atoms with E-state index in [1.54, 1.807) is 24.3 Å². The van der Waals surface area contributed by atoms with Crippen molar-refractivity contribution in [3.8, 4) is 0 Å². The van der Waals surface area contributed by atoms with Crippen molar-refractivity contribution in [1.82, 2.24) is 10.0 Å². The van der Waals surface area contributed by atoms with E-state index in [1.807, 2.05) is 45.0 Å². The number of fused-ring (bicyclic) bond motifs is 1. The molecule has 1 heterocycles. The maximum atomic E-state index is 13.2.